The third kappa shape index (κ3) is 5.46. The Morgan fingerprint density at radius 2 is 1.78 bits per heavy atom. The fourth-order valence-corrected chi connectivity index (χ4v) is 4.97. The molecule has 2 fully saturated rings. The van der Waals surface area contributed by atoms with E-state index in [2.05, 4.69) is 5.32 Å². The molecule has 2 aliphatic heterocycles. The van der Waals surface area contributed by atoms with E-state index in [1.165, 1.54) is 0 Å². The van der Waals surface area contributed by atoms with Gasteiger partial charge in [-0.3, -0.25) is 9.59 Å². The molecular weight excluding hydrogens is 458 g/mol. The molecular formula is C27H35N5O4. The standard InChI is InChI=1S/C27H35N5O4/c1-4-8-23-26(34)30(16-15-20-9-6-5-7-10-20)18-24-31(23)25(33)19-29(2)32(24)27(35)28-17-21-11-13-22(36-3)14-12-21/h5-7,9-14,23-24H,4,8,15-19H2,1-3H3,(H,28,35)/t23-,24-/m0/s1. The van der Waals surface area contributed by atoms with Crippen LogP contribution in [0.5, 0.6) is 5.75 Å². The van der Waals surface area contributed by atoms with Gasteiger partial charge in [-0.25, -0.2) is 14.8 Å². The number of piperazine rings is 1. The van der Waals surface area contributed by atoms with Crippen molar-refractivity contribution in [2.75, 3.05) is 33.8 Å². The van der Waals surface area contributed by atoms with Gasteiger partial charge in [-0.15, -0.1) is 0 Å². The largest absolute Gasteiger partial charge is 0.497 e. The number of rotatable bonds is 8. The van der Waals surface area contributed by atoms with Crippen molar-refractivity contribution in [3.63, 3.8) is 0 Å². The smallest absolute Gasteiger partial charge is 0.334 e. The van der Waals surface area contributed by atoms with Crippen molar-refractivity contribution in [3.05, 3.63) is 65.7 Å². The quantitative estimate of drug-likeness (QED) is 0.611. The summed E-state index contributed by atoms with van der Waals surface area (Å²) < 4.78 is 5.20. The minimum Gasteiger partial charge on any atom is -0.497 e. The topological polar surface area (TPSA) is 85.4 Å². The molecule has 0 aromatic heterocycles. The van der Waals surface area contributed by atoms with Crippen LogP contribution in [0.4, 0.5) is 4.79 Å². The van der Waals surface area contributed by atoms with Crippen LogP contribution >= 0.6 is 0 Å². The van der Waals surface area contributed by atoms with Crippen LogP contribution in [0.2, 0.25) is 0 Å². The number of hydrazine groups is 1. The Morgan fingerprint density at radius 3 is 2.44 bits per heavy atom. The van der Waals surface area contributed by atoms with Gasteiger partial charge < -0.3 is 19.9 Å². The second-order valence-electron chi connectivity index (χ2n) is 9.27. The van der Waals surface area contributed by atoms with Crippen molar-refractivity contribution in [3.8, 4) is 5.75 Å². The van der Waals surface area contributed by atoms with Gasteiger partial charge in [0.2, 0.25) is 11.8 Å². The molecule has 2 aromatic carbocycles. The Kier molecular flexibility index (Phi) is 8.10. The maximum absolute atomic E-state index is 13.4. The van der Waals surface area contributed by atoms with Crippen molar-refractivity contribution in [2.24, 2.45) is 0 Å². The van der Waals surface area contributed by atoms with Gasteiger partial charge in [0.15, 0.2) is 0 Å². The number of fused-ring (bicyclic) bond motifs is 1. The molecule has 0 unspecified atom stereocenters. The summed E-state index contributed by atoms with van der Waals surface area (Å²) in [6, 6.07) is 16.7. The average Bonchev–Trinajstić information content (AvgIpc) is 2.89. The number of hydrogen-bond donors (Lipinski definition) is 1. The van der Waals surface area contributed by atoms with E-state index in [1.54, 1.807) is 29.1 Å². The van der Waals surface area contributed by atoms with Crippen molar-refractivity contribution in [2.45, 2.75) is 44.9 Å². The van der Waals surface area contributed by atoms with Crippen molar-refractivity contribution in [1.82, 2.24) is 25.1 Å². The molecule has 192 valence electrons. The summed E-state index contributed by atoms with van der Waals surface area (Å²) in [5.74, 6) is 0.580. The minimum absolute atomic E-state index is 0.0412. The summed E-state index contributed by atoms with van der Waals surface area (Å²) in [5, 5.41) is 6.22. The van der Waals surface area contributed by atoms with E-state index in [0.29, 0.717) is 25.9 Å². The van der Waals surface area contributed by atoms with Crippen LogP contribution in [0.25, 0.3) is 0 Å². The monoisotopic (exact) mass is 493 g/mol. The summed E-state index contributed by atoms with van der Waals surface area (Å²) in [6.45, 7) is 3.20. The van der Waals surface area contributed by atoms with Gasteiger partial charge in [0.1, 0.15) is 18.0 Å². The number of likely N-dealkylation sites (N-methyl/N-ethyl adjacent to an activating group) is 1. The summed E-state index contributed by atoms with van der Waals surface area (Å²) in [5.41, 5.74) is 2.08. The van der Waals surface area contributed by atoms with Crippen LogP contribution in [0.1, 0.15) is 30.9 Å². The van der Waals surface area contributed by atoms with E-state index in [9.17, 15) is 14.4 Å². The Labute approximate surface area is 212 Å². The molecule has 4 rings (SSSR count). The van der Waals surface area contributed by atoms with E-state index in [4.69, 9.17) is 4.74 Å². The maximum Gasteiger partial charge on any atom is 0.334 e. The zero-order chi connectivity index (χ0) is 25.7. The molecule has 0 bridgehead atoms. The Balaban J connectivity index is 1.52. The molecule has 0 saturated carbocycles. The van der Waals surface area contributed by atoms with Gasteiger partial charge in [0.25, 0.3) is 0 Å². The molecule has 36 heavy (non-hydrogen) atoms. The van der Waals surface area contributed by atoms with Gasteiger partial charge in [-0.2, -0.15) is 0 Å². The van der Waals surface area contributed by atoms with E-state index < -0.39 is 12.2 Å². The predicted molar refractivity (Wildman–Crippen MR) is 136 cm³/mol. The first-order chi connectivity index (χ1) is 17.4. The fraction of sp³-hybridized carbons (Fsp3) is 0.444. The van der Waals surface area contributed by atoms with Crippen LogP contribution in [-0.2, 0) is 22.6 Å². The number of amides is 4. The van der Waals surface area contributed by atoms with Crippen LogP contribution in [-0.4, -0.2) is 83.7 Å². The number of nitrogens with zero attached hydrogens (tertiary/aromatic N) is 4. The van der Waals surface area contributed by atoms with Crippen LogP contribution in [0.3, 0.4) is 0 Å². The fourth-order valence-electron chi connectivity index (χ4n) is 4.97. The van der Waals surface area contributed by atoms with Crippen LogP contribution < -0.4 is 10.1 Å². The molecule has 2 atom stereocenters. The first-order valence-electron chi connectivity index (χ1n) is 12.5. The van der Waals surface area contributed by atoms with Gasteiger partial charge in [0, 0.05) is 20.1 Å². The van der Waals surface area contributed by atoms with Crippen molar-refractivity contribution in [1.29, 1.82) is 0 Å². The van der Waals surface area contributed by atoms with E-state index in [1.807, 2.05) is 66.4 Å². The second-order valence-corrected chi connectivity index (χ2v) is 9.27. The van der Waals surface area contributed by atoms with Crippen molar-refractivity contribution >= 4 is 17.8 Å². The highest BCUT2D eigenvalue weighted by atomic mass is 16.5. The lowest BCUT2D eigenvalue weighted by molar-refractivity contribution is -0.187. The third-order valence-corrected chi connectivity index (χ3v) is 6.83. The molecule has 2 aromatic rings. The number of ether oxygens (including phenoxy) is 1. The normalized spacial score (nSPS) is 20.4. The third-order valence-electron chi connectivity index (χ3n) is 6.83. The molecule has 9 heteroatoms. The number of benzene rings is 2. The molecule has 1 N–H and O–H groups in total. The molecule has 9 nitrogen and oxygen atoms in total. The Hall–Kier alpha value is -3.59. The van der Waals surface area contributed by atoms with Crippen LogP contribution in [0.15, 0.2) is 54.6 Å². The Morgan fingerprint density at radius 1 is 1.06 bits per heavy atom. The minimum atomic E-state index is -0.567. The highest BCUT2D eigenvalue weighted by Gasteiger charge is 2.50. The lowest BCUT2D eigenvalue weighted by Crippen LogP contribution is -2.76. The van der Waals surface area contributed by atoms with E-state index in [-0.39, 0.29) is 30.9 Å². The number of methoxy groups -OCH3 is 1. The number of urea groups is 1. The average molecular weight is 494 g/mol. The summed E-state index contributed by atoms with van der Waals surface area (Å²) in [4.78, 5) is 43.4. The maximum atomic E-state index is 13.4. The summed E-state index contributed by atoms with van der Waals surface area (Å²) in [7, 11) is 3.35. The zero-order valence-electron chi connectivity index (χ0n) is 21.2. The Bertz CT molecular complexity index is 1060. The molecule has 0 radical (unpaired) electrons. The van der Waals surface area contributed by atoms with Gasteiger partial charge >= 0.3 is 6.03 Å². The summed E-state index contributed by atoms with van der Waals surface area (Å²) >= 11 is 0. The highest BCUT2D eigenvalue weighted by molar-refractivity contribution is 5.91. The van der Waals surface area contributed by atoms with Gasteiger partial charge in [0.05, 0.1) is 20.2 Å². The number of carbonyl (C=O) groups excluding carboxylic acids is 3. The number of hydrogen-bond acceptors (Lipinski definition) is 5. The molecule has 0 spiro atoms. The van der Waals surface area contributed by atoms with E-state index in [0.717, 1.165) is 23.3 Å². The first kappa shape index (κ1) is 25.5. The van der Waals surface area contributed by atoms with E-state index >= 15 is 0 Å². The predicted octanol–water partition coefficient (Wildman–Crippen LogP) is 2.48. The molecule has 2 saturated heterocycles. The van der Waals surface area contributed by atoms with Crippen molar-refractivity contribution < 1.29 is 19.1 Å². The SMILES string of the molecule is CCC[C@H]1C(=O)N(CCc2ccccc2)C[C@H]2N1C(=O)CN(C)N2C(=O)NCc1ccc(OC)cc1. The number of nitrogens with one attached hydrogen (secondary N) is 1. The molecule has 2 heterocycles. The van der Waals surface area contributed by atoms with Gasteiger partial charge in [-0.05, 0) is 36.1 Å². The molecule has 4 amide bonds. The molecule has 2 aliphatic rings. The number of carbonyl (C=O) groups is 3. The van der Waals surface area contributed by atoms with Crippen LogP contribution in [0, 0.1) is 0 Å². The second kappa shape index (κ2) is 11.4. The summed E-state index contributed by atoms with van der Waals surface area (Å²) in [6.07, 6.45) is 1.48. The molecule has 0 aliphatic carbocycles. The lowest BCUT2D eigenvalue weighted by Gasteiger charge is -2.54. The first-order valence-corrected chi connectivity index (χ1v) is 12.5. The van der Waals surface area contributed by atoms with Gasteiger partial charge in [-0.1, -0.05) is 55.8 Å². The lowest BCUT2D eigenvalue weighted by atomic mass is 10.0. The highest BCUT2D eigenvalue weighted by Crippen LogP contribution is 2.28. The zero-order valence-corrected chi connectivity index (χ0v) is 21.2.